The fourth-order valence-electron chi connectivity index (χ4n) is 2.62. The first-order chi connectivity index (χ1) is 10.7. The highest BCUT2D eigenvalue weighted by Crippen LogP contribution is 2.33. The Labute approximate surface area is 133 Å². The van der Waals surface area contributed by atoms with Gasteiger partial charge in [0.05, 0.1) is 12.7 Å². The molecule has 1 heterocycles. The van der Waals surface area contributed by atoms with Gasteiger partial charge in [-0.2, -0.15) is 21.6 Å². The lowest BCUT2D eigenvalue weighted by atomic mass is 9.92. The molecule has 0 saturated carbocycles. The molecule has 0 unspecified atom stereocenters. The molecule has 1 saturated heterocycles. The third-order valence-corrected chi connectivity index (χ3v) is 4.79. The standard InChI is InChI=1S/C15H19F3O4S/c1-2-3-11-4-9-14(21-10-11)12-5-7-13(8-6-12)22-23(19,20)15(16,17)18/h5-8,11,14H,2-4,9-10H2,1H3/t11-,14+/m1/s1. The summed E-state index contributed by atoms with van der Waals surface area (Å²) in [5.41, 5.74) is -4.64. The topological polar surface area (TPSA) is 52.6 Å². The monoisotopic (exact) mass is 352 g/mol. The molecule has 0 radical (unpaired) electrons. The first-order valence-electron chi connectivity index (χ1n) is 7.45. The maximum absolute atomic E-state index is 12.3. The summed E-state index contributed by atoms with van der Waals surface area (Å²) in [6, 6.07) is 5.48. The van der Waals surface area contributed by atoms with Crippen LogP contribution in [0.4, 0.5) is 13.2 Å². The minimum atomic E-state index is -5.63. The molecule has 0 aliphatic carbocycles. The highest BCUT2D eigenvalue weighted by molar-refractivity contribution is 7.87. The molecule has 130 valence electrons. The van der Waals surface area contributed by atoms with Gasteiger partial charge in [0.1, 0.15) is 5.75 Å². The van der Waals surface area contributed by atoms with Gasteiger partial charge in [0, 0.05) is 0 Å². The van der Waals surface area contributed by atoms with Gasteiger partial charge in [-0.1, -0.05) is 25.5 Å². The van der Waals surface area contributed by atoms with Crippen LogP contribution in [0.5, 0.6) is 5.75 Å². The Kier molecular flexibility index (Phi) is 5.57. The highest BCUT2D eigenvalue weighted by Gasteiger charge is 2.48. The van der Waals surface area contributed by atoms with Crippen molar-refractivity contribution in [3.63, 3.8) is 0 Å². The van der Waals surface area contributed by atoms with Crippen LogP contribution in [0.15, 0.2) is 24.3 Å². The lowest BCUT2D eigenvalue weighted by Gasteiger charge is -2.29. The van der Waals surface area contributed by atoms with Gasteiger partial charge in [-0.15, -0.1) is 0 Å². The molecule has 0 spiro atoms. The van der Waals surface area contributed by atoms with Crippen molar-refractivity contribution in [2.75, 3.05) is 6.61 Å². The predicted octanol–water partition coefficient (Wildman–Crippen LogP) is 4.18. The van der Waals surface area contributed by atoms with Crippen LogP contribution in [0.25, 0.3) is 0 Å². The van der Waals surface area contributed by atoms with Gasteiger partial charge in [-0.3, -0.25) is 0 Å². The Hall–Kier alpha value is -1.28. The summed E-state index contributed by atoms with van der Waals surface area (Å²) in [4.78, 5) is 0. The van der Waals surface area contributed by atoms with E-state index < -0.39 is 15.6 Å². The fraction of sp³-hybridized carbons (Fsp3) is 0.600. The van der Waals surface area contributed by atoms with Crippen molar-refractivity contribution in [1.29, 1.82) is 0 Å². The molecule has 23 heavy (non-hydrogen) atoms. The summed E-state index contributed by atoms with van der Waals surface area (Å²) in [5, 5.41) is 0. The van der Waals surface area contributed by atoms with E-state index in [2.05, 4.69) is 11.1 Å². The van der Waals surface area contributed by atoms with Gasteiger partial charge in [-0.25, -0.2) is 0 Å². The van der Waals surface area contributed by atoms with Gasteiger partial charge in [0.25, 0.3) is 0 Å². The summed E-state index contributed by atoms with van der Waals surface area (Å²) >= 11 is 0. The van der Waals surface area contributed by atoms with Crippen molar-refractivity contribution in [2.24, 2.45) is 5.92 Å². The average Bonchev–Trinajstić information content (AvgIpc) is 2.48. The van der Waals surface area contributed by atoms with Gasteiger partial charge in [0.15, 0.2) is 0 Å². The first-order valence-corrected chi connectivity index (χ1v) is 8.86. The van der Waals surface area contributed by atoms with Gasteiger partial charge < -0.3 is 8.92 Å². The molecular weight excluding hydrogens is 333 g/mol. The molecule has 1 aromatic carbocycles. The smallest absolute Gasteiger partial charge is 0.376 e. The van der Waals surface area contributed by atoms with Crippen LogP contribution in [-0.2, 0) is 14.9 Å². The second-order valence-corrected chi connectivity index (χ2v) is 7.14. The molecule has 1 aliphatic rings. The number of hydrogen-bond donors (Lipinski definition) is 0. The summed E-state index contributed by atoms with van der Waals surface area (Å²) in [6.07, 6.45) is 3.99. The zero-order chi connectivity index (χ0) is 17.1. The van der Waals surface area contributed by atoms with Crippen LogP contribution >= 0.6 is 0 Å². The van der Waals surface area contributed by atoms with E-state index in [1.165, 1.54) is 24.3 Å². The zero-order valence-electron chi connectivity index (χ0n) is 12.7. The number of ether oxygens (including phenoxy) is 1. The third-order valence-electron chi connectivity index (χ3n) is 3.81. The molecule has 0 aromatic heterocycles. The second kappa shape index (κ2) is 7.09. The summed E-state index contributed by atoms with van der Waals surface area (Å²) in [5.74, 6) is 0.182. The minimum Gasteiger partial charge on any atom is -0.376 e. The molecule has 1 fully saturated rings. The molecule has 0 bridgehead atoms. The van der Waals surface area contributed by atoms with Crippen molar-refractivity contribution >= 4 is 10.1 Å². The normalized spacial score (nSPS) is 22.8. The van der Waals surface area contributed by atoms with Crippen molar-refractivity contribution in [3.05, 3.63) is 29.8 Å². The van der Waals surface area contributed by atoms with E-state index in [1.807, 2.05) is 0 Å². The molecule has 2 rings (SSSR count). The van der Waals surface area contributed by atoms with Crippen molar-refractivity contribution in [3.8, 4) is 5.75 Å². The van der Waals surface area contributed by atoms with E-state index in [0.29, 0.717) is 12.5 Å². The molecule has 4 nitrogen and oxygen atoms in total. The summed E-state index contributed by atoms with van der Waals surface area (Å²) < 4.78 is 68.5. The summed E-state index contributed by atoms with van der Waals surface area (Å²) in [7, 11) is -5.63. The summed E-state index contributed by atoms with van der Waals surface area (Å²) in [6.45, 7) is 2.79. The van der Waals surface area contributed by atoms with Crippen molar-refractivity contribution < 1.29 is 30.5 Å². The number of hydrogen-bond acceptors (Lipinski definition) is 4. The van der Waals surface area contributed by atoms with Gasteiger partial charge in [-0.05, 0) is 42.9 Å². The van der Waals surface area contributed by atoms with Gasteiger partial charge in [0.2, 0.25) is 0 Å². The Bertz CT molecular complexity index is 603. The Morgan fingerprint density at radius 3 is 2.35 bits per heavy atom. The van der Waals surface area contributed by atoms with E-state index in [1.54, 1.807) is 0 Å². The van der Waals surface area contributed by atoms with Crippen LogP contribution in [0.3, 0.4) is 0 Å². The van der Waals surface area contributed by atoms with E-state index >= 15 is 0 Å². The lowest BCUT2D eigenvalue weighted by molar-refractivity contribution is -0.0500. The fourth-order valence-corrected chi connectivity index (χ4v) is 3.08. The number of benzene rings is 1. The van der Waals surface area contributed by atoms with Crippen molar-refractivity contribution in [2.45, 2.75) is 44.2 Å². The largest absolute Gasteiger partial charge is 0.534 e. The highest BCUT2D eigenvalue weighted by atomic mass is 32.2. The Morgan fingerprint density at radius 1 is 1.22 bits per heavy atom. The van der Waals surface area contributed by atoms with Crippen LogP contribution < -0.4 is 4.18 Å². The van der Waals surface area contributed by atoms with E-state index in [4.69, 9.17) is 4.74 Å². The number of rotatable bonds is 5. The van der Waals surface area contributed by atoms with Crippen LogP contribution in [-0.4, -0.2) is 20.5 Å². The zero-order valence-corrected chi connectivity index (χ0v) is 13.5. The SMILES string of the molecule is CCC[C@@H]1CC[C@@H](c2ccc(OS(=O)(=O)C(F)(F)F)cc2)OC1. The molecule has 8 heteroatoms. The maximum atomic E-state index is 12.3. The quantitative estimate of drug-likeness (QED) is 0.589. The van der Waals surface area contributed by atoms with E-state index in [9.17, 15) is 21.6 Å². The molecular formula is C15H19F3O4S. The van der Waals surface area contributed by atoms with E-state index in [0.717, 1.165) is 31.2 Å². The Morgan fingerprint density at radius 2 is 1.87 bits per heavy atom. The lowest BCUT2D eigenvalue weighted by Crippen LogP contribution is -2.28. The van der Waals surface area contributed by atoms with Crippen LogP contribution in [0, 0.1) is 5.92 Å². The second-order valence-electron chi connectivity index (χ2n) is 5.61. The number of alkyl halides is 3. The molecule has 0 amide bonds. The Balaban J connectivity index is 1.98. The molecule has 0 N–H and O–H groups in total. The van der Waals surface area contributed by atoms with Crippen LogP contribution in [0.2, 0.25) is 0 Å². The van der Waals surface area contributed by atoms with Gasteiger partial charge >= 0.3 is 15.6 Å². The molecule has 1 aromatic rings. The van der Waals surface area contributed by atoms with E-state index in [-0.39, 0.29) is 11.9 Å². The van der Waals surface area contributed by atoms with Crippen LogP contribution in [0.1, 0.15) is 44.3 Å². The van der Waals surface area contributed by atoms with Crippen molar-refractivity contribution in [1.82, 2.24) is 0 Å². The predicted molar refractivity (Wildman–Crippen MR) is 78.4 cm³/mol. The first kappa shape index (κ1) is 18.1. The number of halogens is 3. The average molecular weight is 352 g/mol. The molecule has 2 atom stereocenters. The minimum absolute atomic E-state index is 0.114. The maximum Gasteiger partial charge on any atom is 0.534 e. The molecule has 1 aliphatic heterocycles. The third kappa shape index (κ3) is 4.60.